The first kappa shape index (κ1) is 9.21. The maximum Gasteiger partial charge on any atom is 0.152 e. The maximum absolute atomic E-state index is 5.08. The summed E-state index contributed by atoms with van der Waals surface area (Å²) < 4.78 is 5.08. The molecular weight excluding hydrogens is 194 g/mol. The van der Waals surface area contributed by atoms with E-state index in [9.17, 15) is 0 Å². The van der Waals surface area contributed by atoms with Crippen LogP contribution in [0.25, 0.3) is 0 Å². The van der Waals surface area contributed by atoms with E-state index >= 15 is 0 Å². The van der Waals surface area contributed by atoms with Gasteiger partial charge < -0.3 is 4.74 Å². The van der Waals surface area contributed by atoms with Gasteiger partial charge in [0.2, 0.25) is 0 Å². The molecule has 2 nitrogen and oxygen atoms in total. The third-order valence-corrected chi connectivity index (χ3v) is 2.57. The van der Waals surface area contributed by atoms with Crippen molar-refractivity contribution in [3.05, 3.63) is 46.4 Å². The zero-order valence-electron chi connectivity index (χ0n) is 7.86. The average molecular weight is 204 g/mol. The molecule has 0 N–H and O–H groups in total. The second kappa shape index (κ2) is 4.24. The van der Waals surface area contributed by atoms with E-state index in [4.69, 9.17) is 4.74 Å². The lowest BCUT2D eigenvalue weighted by molar-refractivity contribution is 0.414. The molecule has 71 valence electrons. The highest BCUT2D eigenvalue weighted by Gasteiger charge is 1.98. The molecule has 3 heteroatoms. The summed E-state index contributed by atoms with van der Waals surface area (Å²) in [5.41, 5.74) is 5.15. The maximum atomic E-state index is 5.08. The van der Waals surface area contributed by atoms with Crippen LogP contribution in [0.4, 0.5) is 0 Å². The first-order valence-electron chi connectivity index (χ1n) is 4.32. The van der Waals surface area contributed by atoms with E-state index in [0.717, 1.165) is 17.9 Å². The number of rotatable bonds is 3. The van der Waals surface area contributed by atoms with E-state index in [1.165, 1.54) is 16.9 Å². The van der Waals surface area contributed by atoms with Crippen molar-refractivity contribution in [2.75, 3.05) is 7.11 Å². The second-order valence-corrected chi connectivity index (χ2v) is 3.61. The predicted molar refractivity (Wildman–Crippen MR) is 56.8 cm³/mol. The highest BCUT2D eigenvalue weighted by atomic mass is 32.1. The average Bonchev–Trinajstić information content (AvgIpc) is 2.72. The smallest absolute Gasteiger partial charge is 0.152 e. The first-order valence-corrected chi connectivity index (χ1v) is 5.20. The molecule has 0 saturated carbocycles. The number of benzene rings is 1. The van der Waals surface area contributed by atoms with E-state index < -0.39 is 0 Å². The lowest BCUT2D eigenvalue weighted by Gasteiger charge is -2.01. The topological polar surface area (TPSA) is 22.1 Å². The summed E-state index contributed by atoms with van der Waals surface area (Å²) in [4.78, 5) is 4.12. The van der Waals surface area contributed by atoms with Crippen LogP contribution in [-0.2, 0) is 6.42 Å². The Morgan fingerprint density at radius 1 is 1.36 bits per heavy atom. The van der Waals surface area contributed by atoms with Crippen LogP contribution in [0.5, 0.6) is 5.75 Å². The molecule has 0 aliphatic rings. The molecule has 0 amide bonds. The van der Waals surface area contributed by atoms with Crippen LogP contribution < -0.4 is 4.74 Å². The summed E-state index contributed by atoms with van der Waals surface area (Å²) in [5, 5.41) is 2.02. The molecule has 0 aliphatic carbocycles. The molecule has 1 aromatic carbocycles. The van der Waals surface area contributed by atoms with Gasteiger partial charge in [0, 0.05) is 11.8 Å². The van der Waals surface area contributed by atoms with Crippen LogP contribution in [-0.4, -0.2) is 12.1 Å². The van der Waals surface area contributed by atoms with Gasteiger partial charge in [0.05, 0.1) is 12.8 Å². The minimum atomic E-state index is 0.865. The molecule has 0 atom stereocenters. The number of hydrogen-bond acceptors (Lipinski definition) is 3. The minimum Gasteiger partial charge on any atom is -0.497 e. The van der Waals surface area contributed by atoms with Crippen LogP contribution in [0.15, 0.2) is 29.6 Å². The number of methoxy groups -OCH3 is 1. The molecule has 0 aliphatic heterocycles. The van der Waals surface area contributed by atoms with Crippen molar-refractivity contribution in [2.45, 2.75) is 6.42 Å². The Hall–Kier alpha value is -1.35. The van der Waals surface area contributed by atoms with Crippen molar-refractivity contribution in [1.82, 2.24) is 4.98 Å². The molecular formula is C11H10NOS. The summed E-state index contributed by atoms with van der Waals surface area (Å²) >= 11 is 1.51. The van der Waals surface area contributed by atoms with Crippen molar-refractivity contribution >= 4 is 11.3 Å². The molecule has 1 heterocycles. The van der Waals surface area contributed by atoms with Crippen LogP contribution in [0, 0.1) is 5.51 Å². The van der Waals surface area contributed by atoms with Crippen molar-refractivity contribution in [3.63, 3.8) is 0 Å². The molecule has 2 aromatic rings. The molecule has 1 aromatic heterocycles. The van der Waals surface area contributed by atoms with Gasteiger partial charge in [-0.25, -0.2) is 4.98 Å². The van der Waals surface area contributed by atoms with Gasteiger partial charge in [-0.05, 0) is 17.7 Å². The lowest BCUT2D eigenvalue weighted by Crippen LogP contribution is -1.88. The van der Waals surface area contributed by atoms with E-state index in [1.807, 2.05) is 17.5 Å². The Labute approximate surface area is 87.2 Å². The first-order chi connectivity index (χ1) is 6.88. The summed E-state index contributed by atoms with van der Waals surface area (Å²) in [6.45, 7) is 0. The molecule has 0 spiro atoms. The minimum absolute atomic E-state index is 0.865. The van der Waals surface area contributed by atoms with Gasteiger partial charge in [-0.1, -0.05) is 12.1 Å². The van der Waals surface area contributed by atoms with E-state index in [2.05, 4.69) is 22.6 Å². The van der Waals surface area contributed by atoms with E-state index in [1.54, 1.807) is 7.11 Å². The third kappa shape index (κ3) is 2.12. The highest BCUT2D eigenvalue weighted by molar-refractivity contribution is 7.07. The molecule has 0 fully saturated rings. The lowest BCUT2D eigenvalue weighted by atomic mass is 10.1. The van der Waals surface area contributed by atoms with Crippen molar-refractivity contribution < 1.29 is 4.74 Å². The van der Waals surface area contributed by atoms with Gasteiger partial charge in [-0.3, -0.25) is 0 Å². The van der Waals surface area contributed by atoms with Gasteiger partial charge in [-0.15, -0.1) is 11.3 Å². The quantitative estimate of drug-likeness (QED) is 0.766. The second-order valence-electron chi connectivity index (χ2n) is 2.95. The number of thiazole rings is 1. The number of ether oxygens (including phenoxy) is 1. The molecule has 2 rings (SSSR count). The zero-order valence-corrected chi connectivity index (χ0v) is 8.67. The van der Waals surface area contributed by atoms with Crippen molar-refractivity contribution in [2.24, 2.45) is 0 Å². The fourth-order valence-electron chi connectivity index (χ4n) is 1.24. The van der Waals surface area contributed by atoms with Crippen LogP contribution in [0.3, 0.4) is 0 Å². The summed E-state index contributed by atoms with van der Waals surface area (Å²) in [5.74, 6) is 0.888. The van der Waals surface area contributed by atoms with Crippen molar-refractivity contribution in [3.8, 4) is 5.75 Å². The fourth-order valence-corrected chi connectivity index (χ4v) is 1.73. The molecule has 0 bridgehead atoms. The number of aromatic nitrogens is 1. The van der Waals surface area contributed by atoms with Gasteiger partial charge in [-0.2, -0.15) is 0 Å². The Bertz CT molecular complexity index is 380. The molecule has 0 unspecified atom stereocenters. The largest absolute Gasteiger partial charge is 0.497 e. The van der Waals surface area contributed by atoms with Gasteiger partial charge in [0.25, 0.3) is 0 Å². The Morgan fingerprint density at radius 2 is 2.14 bits per heavy atom. The zero-order chi connectivity index (χ0) is 9.80. The third-order valence-electron chi connectivity index (χ3n) is 1.98. The van der Waals surface area contributed by atoms with E-state index in [-0.39, 0.29) is 0 Å². The normalized spacial score (nSPS) is 10.1. The Kier molecular flexibility index (Phi) is 2.79. The predicted octanol–water partition coefficient (Wildman–Crippen LogP) is 2.54. The summed E-state index contributed by atoms with van der Waals surface area (Å²) in [7, 11) is 1.67. The molecule has 0 saturated heterocycles. The monoisotopic (exact) mass is 204 g/mol. The highest BCUT2D eigenvalue weighted by Crippen LogP contribution is 2.14. The van der Waals surface area contributed by atoms with Crippen LogP contribution in [0.1, 0.15) is 11.3 Å². The van der Waals surface area contributed by atoms with Crippen LogP contribution >= 0.6 is 11.3 Å². The summed E-state index contributed by atoms with van der Waals surface area (Å²) in [6.07, 6.45) is 0.865. The fraction of sp³-hybridized carbons (Fsp3) is 0.182. The standard InChI is InChI=1S/C11H10NOS/c1-13-11-4-2-9(3-5-11)6-10-7-14-8-12-10/h2-5,7H,6H2,1H3. The van der Waals surface area contributed by atoms with Gasteiger partial charge in [0.15, 0.2) is 5.51 Å². The molecule has 14 heavy (non-hydrogen) atoms. The number of nitrogens with zero attached hydrogens (tertiary/aromatic N) is 1. The van der Waals surface area contributed by atoms with Crippen molar-refractivity contribution in [1.29, 1.82) is 0 Å². The van der Waals surface area contributed by atoms with Crippen LogP contribution in [0.2, 0.25) is 0 Å². The molecule has 1 radical (unpaired) electrons. The van der Waals surface area contributed by atoms with Gasteiger partial charge in [0.1, 0.15) is 5.75 Å². The summed E-state index contributed by atoms with van der Waals surface area (Å²) in [6, 6.07) is 8.03. The Balaban J connectivity index is 2.10. The van der Waals surface area contributed by atoms with E-state index in [0.29, 0.717) is 0 Å². The SMILES string of the molecule is COc1ccc(Cc2cs[c]n2)cc1. The Morgan fingerprint density at radius 3 is 2.71 bits per heavy atom. The van der Waals surface area contributed by atoms with Gasteiger partial charge >= 0.3 is 0 Å². The number of hydrogen-bond donors (Lipinski definition) is 0.